The summed E-state index contributed by atoms with van der Waals surface area (Å²) in [6, 6.07) is 7.68. The van der Waals surface area contributed by atoms with Crippen molar-refractivity contribution in [2.24, 2.45) is 0 Å². The van der Waals surface area contributed by atoms with E-state index in [4.69, 9.17) is 0 Å². The molecule has 0 radical (unpaired) electrons. The van der Waals surface area contributed by atoms with Gasteiger partial charge in [-0.05, 0) is 25.5 Å². The topological polar surface area (TPSA) is 65.2 Å². The molecule has 1 saturated heterocycles. The lowest BCUT2D eigenvalue weighted by molar-refractivity contribution is -0.153. The predicted octanol–water partition coefficient (Wildman–Crippen LogP) is 1.29. The van der Waals surface area contributed by atoms with Gasteiger partial charge in [-0.1, -0.05) is 18.2 Å². The van der Waals surface area contributed by atoms with Gasteiger partial charge in [-0.2, -0.15) is 0 Å². The Morgan fingerprint density at radius 2 is 2.00 bits per heavy atom. The second-order valence-corrected chi connectivity index (χ2v) is 6.28. The summed E-state index contributed by atoms with van der Waals surface area (Å²) in [6.45, 7) is 4.10. The number of piperazine rings is 1. The van der Waals surface area contributed by atoms with Crippen LogP contribution in [0.25, 0.3) is 10.9 Å². The Kier molecular flexibility index (Phi) is 2.29. The lowest BCUT2D eigenvalue weighted by Crippen LogP contribution is -2.66. The van der Waals surface area contributed by atoms with E-state index in [1.165, 1.54) is 0 Å². The maximum absolute atomic E-state index is 12.3. The first-order valence-electron chi connectivity index (χ1n) is 7.20. The average Bonchev–Trinajstić information content (AvgIpc) is 2.83. The van der Waals surface area contributed by atoms with Gasteiger partial charge in [-0.25, -0.2) is 0 Å². The van der Waals surface area contributed by atoms with Crippen molar-refractivity contribution in [3.05, 3.63) is 35.5 Å². The van der Waals surface area contributed by atoms with Crippen LogP contribution >= 0.6 is 0 Å². The highest BCUT2D eigenvalue weighted by Crippen LogP contribution is 2.41. The van der Waals surface area contributed by atoms with Crippen molar-refractivity contribution in [2.45, 2.75) is 31.8 Å². The van der Waals surface area contributed by atoms with Crippen molar-refractivity contribution in [3.8, 4) is 0 Å². The van der Waals surface area contributed by atoms with Crippen LogP contribution < -0.4 is 5.32 Å². The highest BCUT2D eigenvalue weighted by Gasteiger charge is 2.49. The Morgan fingerprint density at radius 3 is 2.81 bits per heavy atom. The summed E-state index contributed by atoms with van der Waals surface area (Å²) in [4.78, 5) is 29.7. The zero-order valence-electron chi connectivity index (χ0n) is 12.1. The van der Waals surface area contributed by atoms with Crippen LogP contribution in [0.1, 0.15) is 25.1 Å². The predicted molar refractivity (Wildman–Crippen MR) is 78.7 cm³/mol. The van der Waals surface area contributed by atoms with E-state index in [1.807, 2.05) is 32.0 Å². The molecule has 2 aliphatic heterocycles. The van der Waals surface area contributed by atoms with Crippen molar-refractivity contribution < 1.29 is 9.59 Å². The van der Waals surface area contributed by atoms with Gasteiger partial charge >= 0.3 is 0 Å². The largest absolute Gasteiger partial charge is 0.356 e. The Labute approximate surface area is 122 Å². The minimum absolute atomic E-state index is 0.0195. The molecule has 21 heavy (non-hydrogen) atoms. The second-order valence-electron chi connectivity index (χ2n) is 6.28. The Morgan fingerprint density at radius 1 is 1.24 bits per heavy atom. The van der Waals surface area contributed by atoms with Gasteiger partial charge in [-0.3, -0.25) is 9.59 Å². The fourth-order valence-corrected chi connectivity index (χ4v) is 3.79. The van der Waals surface area contributed by atoms with Crippen LogP contribution in [0.2, 0.25) is 0 Å². The highest BCUT2D eigenvalue weighted by atomic mass is 16.2. The number of nitrogens with zero attached hydrogens (tertiary/aromatic N) is 1. The molecule has 2 aromatic rings. The standard InChI is InChI=1S/C16H17N3O2/c1-16(2)14-10(9-5-3-4-6-11(9)18-14)7-12-15(21)17-8-13(20)19(12)16/h3-6,12,18H,7-8H2,1-2H3,(H,17,21)/t12-/m0/s1. The third-order valence-electron chi connectivity index (χ3n) is 4.72. The van der Waals surface area contributed by atoms with E-state index in [2.05, 4.69) is 16.4 Å². The summed E-state index contributed by atoms with van der Waals surface area (Å²) in [5.74, 6) is -0.0764. The van der Waals surface area contributed by atoms with E-state index in [9.17, 15) is 9.59 Å². The number of carbonyl (C=O) groups is 2. The van der Waals surface area contributed by atoms with Crippen LogP contribution in [-0.2, 0) is 21.5 Å². The fourth-order valence-electron chi connectivity index (χ4n) is 3.79. The minimum atomic E-state index is -0.508. The number of aromatic nitrogens is 1. The number of hydrogen-bond donors (Lipinski definition) is 2. The molecule has 4 rings (SSSR count). The first-order chi connectivity index (χ1) is 10.00. The van der Waals surface area contributed by atoms with Crippen molar-refractivity contribution in [2.75, 3.05) is 6.54 Å². The highest BCUT2D eigenvalue weighted by molar-refractivity contribution is 5.97. The lowest BCUT2D eigenvalue weighted by atomic mass is 9.82. The minimum Gasteiger partial charge on any atom is -0.356 e. The van der Waals surface area contributed by atoms with Gasteiger partial charge in [0, 0.05) is 23.0 Å². The van der Waals surface area contributed by atoms with Gasteiger partial charge in [0.15, 0.2) is 0 Å². The summed E-state index contributed by atoms with van der Waals surface area (Å²) in [5, 5.41) is 3.84. The number of fused-ring (bicyclic) bond motifs is 4. The molecule has 2 aliphatic rings. The third kappa shape index (κ3) is 1.51. The van der Waals surface area contributed by atoms with Gasteiger partial charge in [-0.15, -0.1) is 0 Å². The molecular formula is C16H17N3O2. The smallest absolute Gasteiger partial charge is 0.243 e. The SMILES string of the molecule is CC1(C)c2[nH]c3ccccc3c2C[C@H]2C(=O)NCC(=O)N21. The summed E-state index contributed by atoms with van der Waals surface area (Å²) >= 11 is 0. The third-order valence-corrected chi connectivity index (χ3v) is 4.72. The van der Waals surface area contributed by atoms with Crippen molar-refractivity contribution in [1.29, 1.82) is 0 Å². The Hall–Kier alpha value is -2.30. The van der Waals surface area contributed by atoms with Crippen LogP contribution in [0.4, 0.5) is 0 Å². The summed E-state index contributed by atoms with van der Waals surface area (Å²) < 4.78 is 0. The molecule has 108 valence electrons. The van der Waals surface area contributed by atoms with Gasteiger partial charge in [0.1, 0.15) is 6.04 Å². The van der Waals surface area contributed by atoms with E-state index < -0.39 is 11.6 Å². The molecule has 1 atom stereocenters. The zero-order chi connectivity index (χ0) is 14.8. The number of benzene rings is 1. The molecule has 2 N–H and O–H groups in total. The summed E-state index contributed by atoms with van der Waals surface area (Å²) in [7, 11) is 0. The van der Waals surface area contributed by atoms with Crippen LogP contribution in [0.15, 0.2) is 24.3 Å². The quantitative estimate of drug-likeness (QED) is 0.765. The first-order valence-corrected chi connectivity index (χ1v) is 7.20. The van der Waals surface area contributed by atoms with Crippen LogP contribution in [0.3, 0.4) is 0 Å². The molecule has 1 aromatic heterocycles. The molecule has 5 heteroatoms. The number of para-hydroxylation sites is 1. The molecule has 0 spiro atoms. The summed E-state index contributed by atoms with van der Waals surface area (Å²) in [5.41, 5.74) is 2.75. The Balaban J connectivity index is 1.98. The van der Waals surface area contributed by atoms with Gasteiger partial charge in [0.2, 0.25) is 11.8 Å². The van der Waals surface area contributed by atoms with E-state index in [1.54, 1.807) is 4.90 Å². The van der Waals surface area contributed by atoms with Crippen LogP contribution in [0, 0.1) is 0 Å². The molecule has 5 nitrogen and oxygen atoms in total. The maximum atomic E-state index is 12.3. The number of rotatable bonds is 0. The van der Waals surface area contributed by atoms with Gasteiger partial charge < -0.3 is 15.2 Å². The van der Waals surface area contributed by atoms with E-state index in [0.29, 0.717) is 6.42 Å². The molecular weight excluding hydrogens is 266 g/mol. The molecule has 0 bridgehead atoms. The Bertz CT molecular complexity index is 775. The van der Waals surface area contributed by atoms with Gasteiger partial charge in [0.25, 0.3) is 0 Å². The number of carbonyl (C=O) groups excluding carboxylic acids is 2. The van der Waals surface area contributed by atoms with E-state index in [0.717, 1.165) is 22.2 Å². The van der Waals surface area contributed by atoms with E-state index >= 15 is 0 Å². The fraction of sp³-hybridized carbons (Fsp3) is 0.375. The maximum Gasteiger partial charge on any atom is 0.243 e. The average molecular weight is 283 g/mol. The van der Waals surface area contributed by atoms with Crippen LogP contribution in [0.5, 0.6) is 0 Å². The van der Waals surface area contributed by atoms with Crippen molar-refractivity contribution >= 4 is 22.7 Å². The van der Waals surface area contributed by atoms with Crippen molar-refractivity contribution in [3.63, 3.8) is 0 Å². The monoisotopic (exact) mass is 283 g/mol. The molecule has 3 heterocycles. The van der Waals surface area contributed by atoms with Crippen molar-refractivity contribution in [1.82, 2.24) is 15.2 Å². The molecule has 0 unspecified atom stereocenters. The zero-order valence-corrected chi connectivity index (χ0v) is 12.1. The molecule has 1 fully saturated rings. The first kappa shape index (κ1) is 12.4. The number of aromatic amines is 1. The van der Waals surface area contributed by atoms with Crippen LogP contribution in [-0.4, -0.2) is 34.3 Å². The number of nitrogens with one attached hydrogen (secondary N) is 2. The lowest BCUT2D eigenvalue weighted by Gasteiger charge is -2.48. The number of hydrogen-bond acceptors (Lipinski definition) is 2. The van der Waals surface area contributed by atoms with E-state index in [-0.39, 0.29) is 18.4 Å². The molecule has 0 aliphatic carbocycles. The molecule has 2 amide bonds. The summed E-state index contributed by atoms with van der Waals surface area (Å²) in [6.07, 6.45) is 0.570. The number of amides is 2. The molecule has 0 saturated carbocycles. The second kappa shape index (κ2) is 3.87. The van der Waals surface area contributed by atoms with Gasteiger partial charge in [0.05, 0.1) is 12.1 Å². The molecule has 1 aromatic carbocycles. The normalized spacial score (nSPS) is 23.7. The number of H-pyrrole nitrogens is 1.